The van der Waals surface area contributed by atoms with Crippen molar-refractivity contribution in [3.05, 3.63) is 0 Å². The second-order valence-electron chi connectivity index (χ2n) is 7.00. The van der Waals surface area contributed by atoms with Crippen molar-refractivity contribution in [2.45, 2.75) is 60.2 Å². The summed E-state index contributed by atoms with van der Waals surface area (Å²) in [6.07, 6.45) is -0.148. The van der Waals surface area contributed by atoms with Crippen LogP contribution in [0.4, 0.5) is 0 Å². The number of carbonyl (C=O) groups is 1. The number of ketones is 1. The fraction of sp³-hybridized carbons (Fsp3) is 0.923. The molecule has 0 aliphatic carbocycles. The molecule has 0 fully saturated rings. The highest BCUT2D eigenvalue weighted by Gasteiger charge is 2.28. The van der Waals surface area contributed by atoms with E-state index in [9.17, 15) is 4.79 Å². The lowest BCUT2D eigenvalue weighted by Crippen LogP contribution is -2.56. The minimum atomic E-state index is -0.623. The second-order valence-corrected chi connectivity index (χ2v) is 7.00. The Labute approximate surface area is 106 Å². The standard InChI is InChI=1S/C13H29N3O/c1-12(2,3)7-9(17)11(15)16-10(8-14)13(4,5)6/h10-11,16H,7-8,14-15H2,1-6H3/t10-,11?/m1/s1. The summed E-state index contributed by atoms with van der Waals surface area (Å²) in [6, 6.07) is 0.0430. The summed E-state index contributed by atoms with van der Waals surface area (Å²) in [4.78, 5) is 11.9. The zero-order valence-corrected chi connectivity index (χ0v) is 12.1. The van der Waals surface area contributed by atoms with E-state index in [1.165, 1.54) is 0 Å². The van der Waals surface area contributed by atoms with Crippen LogP contribution in [-0.4, -0.2) is 24.5 Å². The predicted octanol–water partition coefficient (Wildman–Crippen LogP) is 1.24. The molecule has 0 radical (unpaired) electrons. The molecule has 0 aromatic carbocycles. The summed E-state index contributed by atoms with van der Waals surface area (Å²) >= 11 is 0. The Kier molecular flexibility index (Phi) is 5.78. The Bertz CT molecular complexity index is 250. The van der Waals surface area contributed by atoms with Crippen molar-refractivity contribution in [3.8, 4) is 0 Å². The van der Waals surface area contributed by atoms with Gasteiger partial charge in [0.15, 0.2) is 5.78 Å². The van der Waals surface area contributed by atoms with Crippen LogP contribution < -0.4 is 16.8 Å². The van der Waals surface area contributed by atoms with E-state index in [2.05, 4.69) is 26.1 Å². The van der Waals surface area contributed by atoms with E-state index in [0.29, 0.717) is 13.0 Å². The summed E-state index contributed by atoms with van der Waals surface area (Å²) in [5.74, 6) is 0.0419. The first-order valence-electron chi connectivity index (χ1n) is 6.22. The third-order valence-corrected chi connectivity index (χ3v) is 2.71. The molecule has 17 heavy (non-hydrogen) atoms. The first-order valence-corrected chi connectivity index (χ1v) is 6.22. The molecule has 4 nitrogen and oxygen atoms in total. The highest BCUT2D eigenvalue weighted by atomic mass is 16.1. The van der Waals surface area contributed by atoms with Crippen LogP contribution >= 0.6 is 0 Å². The van der Waals surface area contributed by atoms with Gasteiger partial charge >= 0.3 is 0 Å². The Morgan fingerprint density at radius 3 is 1.94 bits per heavy atom. The molecule has 1 unspecified atom stereocenters. The van der Waals surface area contributed by atoms with Gasteiger partial charge in [0.2, 0.25) is 0 Å². The molecule has 0 saturated heterocycles. The summed E-state index contributed by atoms with van der Waals surface area (Å²) in [7, 11) is 0. The summed E-state index contributed by atoms with van der Waals surface area (Å²) in [5, 5.41) is 3.13. The topological polar surface area (TPSA) is 81.1 Å². The molecule has 0 saturated carbocycles. The summed E-state index contributed by atoms with van der Waals surface area (Å²) in [6.45, 7) is 12.8. The SMILES string of the molecule is CC(C)(C)CC(=O)C(N)N[C@H](CN)C(C)(C)C. The molecule has 2 atom stereocenters. The maximum Gasteiger partial charge on any atom is 0.164 e. The van der Waals surface area contributed by atoms with Crippen molar-refractivity contribution < 1.29 is 4.79 Å². The third kappa shape index (κ3) is 6.76. The molecule has 102 valence electrons. The minimum Gasteiger partial charge on any atom is -0.329 e. The molecule has 0 aromatic rings. The fourth-order valence-corrected chi connectivity index (χ4v) is 1.61. The van der Waals surface area contributed by atoms with Gasteiger partial charge < -0.3 is 11.5 Å². The number of carbonyl (C=O) groups excluding carboxylic acids is 1. The molecule has 0 amide bonds. The molecule has 0 bridgehead atoms. The molecule has 0 aliphatic heterocycles. The highest BCUT2D eigenvalue weighted by Crippen LogP contribution is 2.21. The average molecular weight is 243 g/mol. The molecular formula is C13H29N3O. The maximum atomic E-state index is 11.9. The first-order chi connectivity index (χ1) is 7.47. The zero-order chi connectivity index (χ0) is 13.9. The van der Waals surface area contributed by atoms with E-state index in [4.69, 9.17) is 11.5 Å². The van der Waals surface area contributed by atoms with Gasteiger partial charge in [-0.25, -0.2) is 0 Å². The van der Waals surface area contributed by atoms with E-state index < -0.39 is 6.17 Å². The third-order valence-electron chi connectivity index (χ3n) is 2.71. The normalized spacial score (nSPS) is 16.7. The van der Waals surface area contributed by atoms with Crippen LogP contribution in [0, 0.1) is 10.8 Å². The number of nitrogens with one attached hydrogen (secondary N) is 1. The van der Waals surface area contributed by atoms with Crippen molar-refractivity contribution in [3.63, 3.8) is 0 Å². The zero-order valence-electron chi connectivity index (χ0n) is 12.1. The van der Waals surface area contributed by atoms with Crippen LogP contribution in [-0.2, 0) is 4.79 Å². The second kappa shape index (κ2) is 5.94. The smallest absolute Gasteiger partial charge is 0.164 e. The van der Waals surface area contributed by atoms with Crippen molar-refractivity contribution in [2.24, 2.45) is 22.3 Å². The van der Waals surface area contributed by atoms with Crippen LogP contribution in [0.3, 0.4) is 0 Å². The van der Waals surface area contributed by atoms with Crippen LogP contribution in [0.5, 0.6) is 0 Å². The van der Waals surface area contributed by atoms with Gasteiger partial charge in [0.05, 0.1) is 0 Å². The van der Waals surface area contributed by atoms with Gasteiger partial charge in [-0.05, 0) is 10.8 Å². The van der Waals surface area contributed by atoms with E-state index >= 15 is 0 Å². The lowest BCUT2D eigenvalue weighted by Gasteiger charge is -2.33. The monoisotopic (exact) mass is 243 g/mol. The van der Waals surface area contributed by atoms with Crippen molar-refractivity contribution in [2.75, 3.05) is 6.54 Å². The minimum absolute atomic E-state index is 0.00557. The van der Waals surface area contributed by atoms with E-state index in [1.807, 2.05) is 20.8 Å². The number of hydrogen-bond acceptors (Lipinski definition) is 4. The number of nitrogens with two attached hydrogens (primary N) is 2. The largest absolute Gasteiger partial charge is 0.329 e. The van der Waals surface area contributed by atoms with Gasteiger partial charge in [-0.1, -0.05) is 41.5 Å². The highest BCUT2D eigenvalue weighted by molar-refractivity contribution is 5.83. The van der Waals surface area contributed by atoms with Gasteiger partial charge in [-0.2, -0.15) is 0 Å². The van der Waals surface area contributed by atoms with Gasteiger partial charge in [0.1, 0.15) is 6.17 Å². The Hall–Kier alpha value is -0.450. The molecule has 4 heteroatoms. The maximum absolute atomic E-state index is 11.9. The molecule has 0 heterocycles. The summed E-state index contributed by atoms with van der Waals surface area (Å²) < 4.78 is 0. The van der Waals surface area contributed by atoms with E-state index in [1.54, 1.807) is 0 Å². The molecule has 0 aliphatic rings. The fourth-order valence-electron chi connectivity index (χ4n) is 1.61. The van der Waals surface area contributed by atoms with Crippen molar-refractivity contribution in [1.82, 2.24) is 5.32 Å². The van der Waals surface area contributed by atoms with Gasteiger partial charge in [-0.15, -0.1) is 0 Å². The Morgan fingerprint density at radius 1 is 1.18 bits per heavy atom. The van der Waals surface area contributed by atoms with Crippen molar-refractivity contribution >= 4 is 5.78 Å². The first kappa shape index (κ1) is 16.6. The molecule has 0 aromatic heterocycles. The predicted molar refractivity (Wildman–Crippen MR) is 72.5 cm³/mol. The van der Waals surface area contributed by atoms with Gasteiger partial charge in [-0.3, -0.25) is 10.1 Å². The number of hydrogen-bond donors (Lipinski definition) is 3. The quantitative estimate of drug-likeness (QED) is 0.635. The lowest BCUT2D eigenvalue weighted by atomic mass is 9.85. The van der Waals surface area contributed by atoms with Gasteiger partial charge in [0.25, 0.3) is 0 Å². The Balaban J connectivity index is 4.43. The molecule has 5 N–H and O–H groups in total. The van der Waals surface area contributed by atoms with Crippen LogP contribution in [0.1, 0.15) is 48.0 Å². The van der Waals surface area contributed by atoms with E-state index in [0.717, 1.165) is 0 Å². The molecule has 0 rings (SSSR count). The van der Waals surface area contributed by atoms with Crippen molar-refractivity contribution in [1.29, 1.82) is 0 Å². The lowest BCUT2D eigenvalue weighted by molar-refractivity contribution is -0.123. The summed E-state index contributed by atoms with van der Waals surface area (Å²) in [5.41, 5.74) is 11.5. The van der Waals surface area contributed by atoms with Crippen LogP contribution in [0.15, 0.2) is 0 Å². The number of Topliss-reactive ketones (excluding diaryl/α,β-unsaturated/α-hetero) is 1. The van der Waals surface area contributed by atoms with Crippen LogP contribution in [0.25, 0.3) is 0 Å². The van der Waals surface area contributed by atoms with Crippen LogP contribution in [0.2, 0.25) is 0 Å². The molecular weight excluding hydrogens is 214 g/mol. The molecule has 0 spiro atoms. The van der Waals surface area contributed by atoms with Gasteiger partial charge in [0, 0.05) is 19.0 Å². The Morgan fingerprint density at radius 2 is 1.65 bits per heavy atom. The average Bonchev–Trinajstić information content (AvgIpc) is 2.08. The van der Waals surface area contributed by atoms with E-state index in [-0.39, 0.29) is 22.7 Å². The number of rotatable bonds is 5.